The summed E-state index contributed by atoms with van der Waals surface area (Å²) in [7, 11) is 0. The first-order valence-corrected chi connectivity index (χ1v) is 8.70. The number of pyridine rings is 1. The third-order valence-electron chi connectivity index (χ3n) is 4.20. The van der Waals surface area contributed by atoms with Crippen LogP contribution >= 0.6 is 0 Å². The molecule has 3 aromatic rings. The molecule has 0 aliphatic rings. The highest BCUT2D eigenvalue weighted by molar-refractivity contribution is 5.95. The maximum atomic E-state index is 12.2. The molecule has 0 radical (unpaired) electrons. The van der Waals surface area contributed by atoms with Gasteiger partial charge in [-0.25, -0.2) is 4.98 Å². The number of anilines is 3. The first-order valence-electron chi connectivity index (χ1n) is 8.70. The molecule has 0 unspecified atom stereocenters. The highest BCUT2D eigenvalue weighted by atomic mass is 16.1. The lowest BCUT2D eigenvalue weighted by molar-refractivity contribution is -0.115. The van der Waals surface area contributed by atoms with Gasteiger partial charge in [0.25, 0.3) is 0 Å². The van der Waals surface area contributed by atoms with E-state index in [0.29, 0.717) is 17.8 Å². The zero-order chi connectivity index (χ0) is 19.2. The third-order valence-corrected chi connectivity index (χ3v) is 4.20. The number of nitrogens with one attached hydrogen (secondary N) is 2. The van der Waals surface area contributed by atoms with Crippen molar-refractivity contribution in [3.8, 4) is 0 Å². The Hall–Kier alpha value is -3.47. The van der Waals surface area contributed by atoms with Crippen LogP contribution in [0, 0.1) is 6.92 Å². The number of amides is 1. The molecule has 1 amide bonds. The summed E-state index contributed by atoms with van der Waals surface area (Å²) < 4.78 is 0. The largest absolute Gasteiger partial charge is 0.354 e. The van der Waals surface area contributed by atoms with Crippen molar-refractivity contribution in [3.05, 3.63) is 83.6 Å². The molecular formula is C22H21N3O2. The monoisotopic (exact) mass is 359 g/mol. The summed E-state index contributed by atoms with van der Waals surface area (Å²) in [4.78, 5) is 28.0. The van der Waals surface area contributed by atoms with Gasteiger partial charge in [-0.3, -0.25) is 9.59 Å². The summed E-state index contributed by atoms with van der Waals surface area (Å²) in [5, 5.41) is 6.01. The molecular weight excluding hydrogens is 338 g/mol. The molecule has 0 fully saturated rings. The van der Waals surface area contributed by atoms with Crippen molar-refractivity contribution in [1.29, 1.82) is 0 Å². The molecule has 0 bridgehead atoms. The summed E-state index contributed by atoms with van der Waals surface area (Å²) in [5.74, 6) is 0.409. The van der Waals surface area contributed by atoms with Gasteiger partial charge in [-0.05, 0) is 49.2 Å². The maximum Gasteiger partial charge on any atom is 0.229 e. The molecule has 0 atom stereocenters. The number of aryl methyl sites for hydroxylation is 1. The Morgan fingerprint density at radius 3 is 2.48 bits per heavy atom. The lowest BCUT2D eigenvalue weighted by atomic mass is 10.1. The Morgan fingerprint density at radius 2 is 1.78 bits per heavy atom. The topological polar surface area (TPSA) is 71.1 Å². The van der Waals surface area contributed by atoms with Crippen molar-refractivity contribution in [2.75, 3.05) is 10.6 Å². The van der Waals surface area contributed by atoms with Crippen molar-refractivity contribution >= 4 is 28.9 Å². The first-order chi connectivity index (χ1) is 13.0. The molecule has 0 saturated carbocycles. The van der Waals surface area contributed by atoms with Crippen LogP contribution in [0.25, 0.3) is 0 Å². The van der Waals surface area contributed by atoms with E-state index in [1.807, 2.05) is 49.4 Å². The molecule has 1 aromatic heterocycles. The normalized spacial score (nSPS) is 10.3. The molecule has 2 N–H and O–H groups in total. The lowest BCUT2D eigenvalue weighted by Gasteiger charge is -2.09. The number of hydrogen-bond acceptors (Lipinski definition) is 4. The van der Waals surface area contributed by atoms with E-state index in [9.17, 15) is 9.59 Å². The zero-order valence-electron chi connectivity index (χ0n) is 15.3. The van der Waals surface area contributed by atoms with Gasteiger partial charge >= 0.3 is 0 Å². The molecule has 5 heteroatoms. The fourth-order valence-corrected chi connectivity index (χ4v) is 2.69. The van der Waals surface area contributed by atoms with Gasteiger partial charge in [0.1, 0.15) is 5.82 Å². The van der Waals surface area contributed by atoms with Crippen LogP contribution in [0.5, 0.6) is 0 Å². The summed E-state index contributed by atoms with van der Waals surface area (Å²) in [5.41, 5.74) is 4.31. The lowest BCUT2D eigenvalue weighted by Crippen LogP contribution is -2.15. The van der Waals surface area contributed by atoms with Gasteiger partial charge in [0.2, 0.25) is 5.91 Å². The van der Waals surface area contributed by atoms with Gasteiger partial charge in [-0.15, -0.1) is 0 Å². The van der Waals surface area contributed by atoms with Gasteiger partial charge in [0.05, 0.1) is 18.3 Å². The van der Waals surface area contributed by atoms with Crippen LogP contribution in [0.2, 0.25) is 0 Å². The van der Waals surface area contributed by atoms with Crippen LogP contribution in [0.3, 0.4) is 0 Å². The number of ketones is 1. The molecule has 0 saturated heterocycles. The predicted molar refractivity (Wildman–Crippen MR) is 107 cm³/mol. The minimum atomic E-state index is -0.105. The number of carbonyl (C=O) groups is 2. The summed E-state index contributed by atoms with van der Waals surface area (Å²) in [6, 6.07) is 18.7. The van der Waals surface area contributed by atoms with Crippen LogP contribution in [0.4, 0.5) is 17.2 Å². The Balaban J connectivity index is 1.62. The summed E-state index contributed by atoms with van der Waals surface area (Å²) in [6.07, 6.45) is 1.95. The molecule has 0 aliphatic carbocycles. The number of carbonyl (C=O) groups excluding carboxylic acids is 2. The van der Waals surface area contributed by atoms with Crippen molar-refractivity contribution < 1.29 is 9.59 Å². The summed E-state index contributed by atoms with van der Waals surface area (Å²) in [6.45, 7) is 3.53. The van der Waals surface area contributed by atoms with Crippen molar-refractivity contribution in [1.82, 2.24) is 4.98 Å². The Morgan fingerprint density at radius 1 is 0.963 bits per heavy atom. The fourth-order valence-electron chi connectivity index (χ4n) is 2.69. The second-order valence-electron chi connectivity index (χ2n) is 6.35. The second kappa shape index (κ2) is 8.27. The quantitative estimate of drug-likeness (QED) is 0.635. The van der Waals surface area contributed by atoms with Crippen LogP contribution in [0.1, 0.15) is 28.4 Å². The van der Waals surface area contributed by atoms with E-state index in [2.05, 4.69) is 15.6 Å². The van der Waals surface area contributed by atoms with Crippen LogP contribution in [0.15, 0.2) is 66.9 Å². The molecule has 1 heterocycles. The minimum absolute atomic E-state index is 0.0171. The minimum Gasteiger partial charge on any atom is -0.354 e. The van der Waals surface area contributed by atoms with E-state index in [0.717, 1.165) is 22.5 Å². The van der Waals surface area contributed by atoms with E-state index in [4.69, 9.17) is 0 Å². The standard InChI is InChI=1S/C22H21N3O2/c1-15-6-3-4-7-17(15)13-22(27)25-21-11-10-20(14-23-21)24-19-9-5-8-18(12-19)16(2)26/h3-12,14,24H,13H2,1-2H3,(H,23,25,27). The summed E-state index contributed by atoms with van der Waals surface area (Å²) >= 11 is 0. The van der Waals surface area contributed by atoms with Crippen molar-refractivity contribution in [2.45, 2.75) is 20.3 Å². The van der Waals surface area contributed by atoms with Gasteiger partial charge in [-0.2, -0.15) is 0 Å². The second-order valence-corrected chi connectivity index (χ2v) is 6.35. The third kappa shape index (κ3) is 5.01. The number of rotatable bonds is 6. The highest BCUT2D eigenvalue weighted by Crippen LogP contribution is 2.19. The van der Waals surface area contributed by atoms with Crippen molar-refractivity contribution in [3.63, 3.8) is 0 Å². The average Bonchev–Trinajstić information content (AvgIpc) is 2.65. The van der Waals surface area contributed by atoms with Gasteiger partial charge in [-0.1, -0.05) is 36.4 Å². The fraction of sp³-hybridized carbons (Fsp3) is 0.136. The van der Waals surface area contributed by atoms with Crippen LogP contribution < -0.4 is 10.6 Å². The molecule has 136 valence electrons. The highest BCUT2D eigenvalue weighted by Gasteiger charge is 2.07. The molecule has 0 aliphatic heterocycles. The van der Waals surface area contributed by atoms with E-state index in [-0.39, 0.29) is 11.7 Å². The predicted octanol–water partition coefficient (Wildman–Crippen LogP) is 4.52. The Bertz CT molecular complexity index is 965. The van der Waals surface area contributed by atoms with Crippen LogP contribution in [-0.2, 0) is 11.2 Å². The Kier molecular flexibility index (Phi) is 5.61. The molecule has 5 nitrogen and oxygen atoms in total. The average molecular weight is 359 g/mol. The first kappa shape index (κ1) is 18.3. The van der Waals surface area contributed by atoms with E-state index in [1.54, 1.807) is 24.4 Å². The SMILES string of the molecule is CC(=O)c1cccc(Nc2ccc(NC(=O)Cc3ccccc3C)nc2)c1. The van der Waals surface area contributed by atoms with Gasteiger partial charge < -0.3 is 10.6 Å². The van der Waals surface area contributed by atoms with E-state index < -0.39 is 0 Å². The number of Topliss-reactive ketones (excluding diaryl/α,β-unsaturated/α-hetero) is 1. The number of benzene rings is 2. The van der Waals surface area contributed by atoms with Gasteiger partial charge in [0, 0.05) is 11.3 Å². The van der Waals surface area contributed by atoms with E-state index in [1.165, 1.54) is 6.92 Å². The maximum absolute atomic E-state index is 12.2. The number of aromatic nitrogens is 1. The van der Waals surface area contributed by atoms with Gasteiger partial charge in [0.15, 0.2) is 5.78 Å². The smallest absolute Gasteiger partial charge is 0.229 e. The van der Waals surface area contributed by atoms with E-state index >= 15 is 0 Å². The van der Waals surface area contributed by atoms with Crippen LogP contribution in [-0.4, -0.2) is 16.7 Å². The van der Waals surface area contributed by atoms with Crippen molar-refractivity contribution in [2.24, 2.45) is 0 Å². The molecule has 3 rings (SSSR count). The molecule has 27 heavy (non-hydrogen) atoms. The molecule has 0 spiro atoms. The zero-order valence-corrected chi connectivity index (χ0v) is 15.3. The molecule has 2 aromatic carbocycles. The number of nitrogens with zero attached hydrogens (tertiary/aromatic N) is 1. The number of hydrogen-bond donors (Lipinski definition) is 2. The Labute approximate surface area is 158 Å².